The van der Waals surface area contributed by atoms with Crippen LogP contribution in [-0.4, -0.2) is 24.8 Å². The van der Waals surface area contributed by atoms with Crippen LogP contribution in [0.25, 0.3) is 11.1 Å². The quantitative estimate of drug-likeness (QED) is 0.908. The molecule has 0 saturated heterocycles. The largest absolute Gasteiger partial charge is 0.497 e. The Labute approximate surface area is 117 Å². The van der Waals surface area contributed by atoms with Crippen LogP contribution in [0.1, 0.15) is 5.56 Å². The topological polar surface area (TPSA) is 55.8 Å². The fraction of sp³-hybridized carbons (Fsp3) is 0.188. The minimum atomic E-state index is -0.990. The van der Waals surface area contributed by atoms with Crippen LogP contribution in [0.15, 0.2) is 42.5 Å². The predicted molar refractivity (Wildman–Crippen MR) is 76.3 cm³/mol. The Morgan fingerprint density at radius 1 is 1.15 bits per heavy atom. The molecule has 0 heterocycles. The van der Waals surface area contributed by atoms with Crippen molar-refractivity contribution in [3.63, 3.8) is 0 Å². The van der Waals surface area contributed by atoms with Gasteiger partial charge in [-0.2, -0.15) is 0 Å². The van der Waals surface area contributed by atoms with Crippen LogP contribution in [-0.2, 0) is 4.79 Å². The van der Waals surface area contributed by atoms with E-state index in [9.17, 15) is 4.79 Å². The second kappa shape index (κ2) is 6.10. The maximum atomic E-state index is 10.5. The Bertz CT molecular complexity index is 620. The average molecular weight is 272 g/mol. The van der Waals surface area contributed by atoms with Crippen molar-refractivity contribution >= 4 is 5.97 Å². The molecule has 0 atom stereocenters. The summed E-state index contributed by atoms with van der Waals surface area (Å²) >= 11 is 0. The molecule has 20 heavy (non-hydrogen) atoms. The predicted octanol–water partition coefficient (Wildman–Crippen LogP) is 3.13. The van der Waals surface area contributed by atoms with E-state index in [1.54, 1.807) is 13.2 Å². The molecule has 0 unspecified atom stereocenters. The van der Waals surface area contributed by atoms with Crippen molar-refractivity contribution in [1.82, 2.24) is 0 Å². The van der Waals surface area contributed by atoms with Gasteiger partial charge in [0, 0.05) is 0 Å². The molecule has 1 N–H and O–H groups in total. The summed E-state index contributed by atoms with van der Waals surface area (Å²) < 4.78 is 10.4. The van der Waals surface area contributed by atoms with E-state index < -0.39 is 5.97 Å². The SMILES string of the molecule is COc1ccc(-c2cccc(OCC(=O)O)c2)c(C)c1. The third-order valence-corrected chi connectivity index (χ3v) is 2.94. The van der Waals surface area contributed by atoms with Crippen molar-refractivity contribution in [3.05, 3.63) is 48.0 Å². The molecule has 4 heteroatoms. The molecule has 0 saturated carbocycles. The van der Waals surface area contributed by atoms with Gasteiger partial charge in [-0.1, -0.05) is 18.2 Å². The third kappa shape index (κ3) is 3.29. The van der Waals surface area contributed by atoms with Crippen molar-refractivity contribution in [1.29, 1.82) is 0 Å². The Kier molecular flexibility index (Phi) is 4.25. The van der Waals surface area contributed by atoms with Crippen LogP contribution < -0.4 is 9.47 Å². The summed E-state index contributed by atoms with van der Waals surface area (Å²) in [5.41, 5.74) is 3.12. The number of aryl methyl sites for hydroxylation is 1. The lowest BCUT2D eigenvalue weighted by Gasteiger charge is -2.10. The summed E-state index contributed by atoms with van der Waals surface area (Å²) in [6.45, 7) is 1.66. The molecule has 0 radical (unpaired) electrons. The molecule has 0 amide bonds. The maximum absolute atomic E-state index is 10.5. The highest BCUT2D eigenvalue weighted by Crippen LogP contribution is 2.29. The number of carboxylic acid groups (broad SMARTS) is 1. The van der Waals surface area contributed by atoms with E-state index in [1.807, 2.05) is 43.3 Å². The number of hydrogen-bond acceptors (Lipinski definition) is 3. The summed E-state index contributed by atoms with van der Waals surface area (Å²) in [5, 5.41) is 8.62. The van der Waals surface area contributed by atoms with Gasteiger partial charge in [-0.05, 0) is 47.9 Å². The summed E-state index contributed by atoms with van der Waals surface area (Å²) in [6, 6.07) is 13.2. The van der Waals surface area contributed by atoms with E-state index in [1.165, 1.54) is 0 Å². The van der Waals surface area contributed by atoms with Crippen LogP contribution in [0, 0.1) is 6.92 Å². The van der Waals surface area contributed by atoms with Gasteiger partial charge in [-0.25, -0.2) is 4.79 Å². The summed E-state index contributed by atoms with van der Waals surface area (Å²) in [6.07, 6.45) is 0. The number of methoxy groups -OCH3 is 1. The molecular weight excluding hydrogens is 256 g/mol. The van der Waals surface area contributed by atoms with Gasteiger partial charge in [0.15, 0.2) is 6.61 Å². The lowest BCUT2D eigenvalue weighted by atomic mass is 10.0. The first-order chi connectivity index (χ1) is 9.60. The van der Waals surface area contributed by atoms with Gasteiger partial charge in [0.25, 0.3) is 0 Å². The van der Waals surface area contributed by atoms with Gasteiger partial charge in [0.1, 0.15) is 11.5 Å². The molecule has 2 rings (SSSR count). The zero-order valence-corrected chi connectivity index (χ0v) is 11.4. The van der Waals surface area contributed by atoms with Crippen molar-refractivity contribution < 1.29 is 19.4 Å². The fourth-order valence-corrected chi connectivity index (χ4v) is 1.99. The minimum absolute atomic E-state index is 0.342. The van der Waals surface area contributed by atoms with E-state index in [-0.39, 0.29) is 6.61 Å². The molecule has 104 valence electrons. The molecule has 0 aliphatic heterocycles. The van der Waals surface area contributed by atoms with Crippen molar-refractivity contribution in [2.24, 2.45) is 0 Å². The summed E-state index contributed by atoms with van der Waals surface area (Å²) in [5.74, 6) is 0.362. The van der Waals surface area contributed by atoms with E-state index in [2.05, 4.69) is 0 Å². The van der Waals surface area contributed by atoms with Crippen molar-refractivity contribution in [2.75, 3.05) is 13.7 Å². The number of benzene rings is 2. The first kappa shape index (κ1) is 13.9. The fourth-order valence-electron chi connectivity index (χ4n) is 1.99. The Morgan fingerprint density at radius 2 is 1.95 bits per heavy atom. The van der Waals surface area contributed by atoms with Gasteiger partial charge < -0.3 is 14.6 Å². The van der Waals surface area contributed by atoms with Crippen molar-refractivity contribution in [3.8, 4) is 22.6 Å². The second-order valence-electron chi connectivity index (χ2n) is 4.39. The van der Waals surface area contributed by atoms with Crippen LogP contribution >= 0.6 is 0 Å². The number of hydrogen-bond donors (Lipinski definition) is 1. The number of carboxylic acids is 1. The highest BCUT2D eigenvalue weighted by molar-refractivity contribution is 5.70. The van der Waals surface area contributed by atoms with Crippen LogP contribution in [0.3, 0.4) is 0 Å². The van der Waals surface area contributed by atoms with Gasteiger partial charge in [-0.15, -0.1) is 0 Å². The first-order valence-electron chi connectivity index (χ1n) is 6.20. The number of ether oxygens (including phenoxy) is 2. The molecular formula is C16H16O4. The highest BCUT2D eigenvalue weighted by Gasteiger charge is 2.06. The smallest absolute Gasteiger partial charge is 0.341 e. The maximum Gasteiger partial charge on any atom is 0.341 e. The van der Waals surface area contributed by atoms with Gasteiger partial charge in [0.05, 0.1) is 7.11 Å². The van der Waals surface area contributed by atoms with Crippen molar-refractivity contribution in [2.45, 2.75) is 6.92 Å². The van der Waals surface area contributed by atoms with E-state index in [0.29, 0.717) is 5.75 Å². The molecule has 0 spiro atoms. The van der Waals surface area contributed by atoms with E-state index in [0.717, 1.165) is 22.4 Å². The van der Waals surface area contributed by atoms with Gasteiger partial charge in [-0.3, -0.25) is 0 Å². The van der Waals surface area contributed by atoms with Gasteiger partial charge >= 0.3 is 5.97 Å². The lowest BCUT2D eigenvalue weighted by Crippen LogP contribution is -2.09. The van der Waals surface area contributed by atoms with Crippen LogP contribution in [0.4, 0.5) is 0 Å². The molecule has 0 bridgehead atoms. The molecule has 4 nitrogen and oxygen atoms in total. The first-order valence-corrected chi connectivity index (χ1v) is 6.20. The van der Waals surface area contributed by atoms with Gasteiger partial charge in [0.2, 0.25) is 0 Å². The summed E-state index contributed by atoms with van der Waals surface area (Å²) in [4.78, 5) is 10.5. The van der Waals surface area contributed by atoms with E-state index >= 15 is 0 Å². The average Bonchev–Trinajstić information content (AvgIpc) is 2.45. The highest BCUT2D eigenvalue weighted by atomic mass is 16.5. The molecule has 2 aromatic carbocycles. The standard InChI is InChI=1S/C16H16O4/c1-11-8-13(19-2)6-7-15(11)12-4-3-5-14(9-12)20-10-16(17)18/h3-9H,10H2,1-2H3,(H,17,18). The normalized spacial score (nSPS) is 10.1. The molecule has 0 aliphatic carbocycles. The zero-order valence-electron chi connectivity index (χ0n) is 11.4. The van der Waals surface area contributed by atoms with Crippen LogP contribution in [0.2, 0.25) is 0 Å². The molecule has 2 aromatic rings. The number of carbonyl (C=O) groups is 1. The number of aliphatic carboxylic acids is 1. The minimum Gasteiger partial charge on any atom is -0.497 e. The molecule has 0 aromatic heterocycles. The lowest BCUT2D eigenvalue weighted by molar-refractivity contribution is -0.139. The Balaban J connectivity index is 2.28. The van der Waals surface area contributed by atoms with E-state index in [4.69, 9.17) is 14.6 Å². The molecule has 0 aliphatic rings. The Morgan fingerprint density at radius 3 is 2.60 bits per heavy atom. The zero-order chi connectivity index (χ0) is 14.5. The summed E-state index contributed by atoms with van der Waals surface area (Å²) in [7, 11) is 1.63. The monoisotopic (exact) mass is 272 g/mol. The molecule has 0 fully saturated rings. The third-order valence-electron chi connectivity index (χ3n) is 2.94. The van der Waals surface area contributed by atoms with Crippen LogP contribution in [0.5, 0.6) is 11.5 Å². The Hall–Kier alpha value is -2.49. The number of rotatable bonds is 5. The second-order valence-corrected chi connectivity index (χ2v) is 4.39.